The highest BCUT2D eigenvalue weighted by atomic mass is 35.5. The largest absolute Gasteiger partial charge is 0.295 e. The average Bonchev–Trinajstić information content (AvgIpc) is 2.28. The van der Waals surface area contributed by atoms with Gasteiger partial charge in [-0.15, -0.1) is 0 Å². The standard InChI is InChI=1S/C11H5ClF2N2O2/c12-9-5-4-8(16(17)18)11(15-9)10-6(13)2-1-3-7(10)14/h1-5H. The fraction of sp³-hybridized carbons (Fsp3) is 0. The van der Waals surface area contributed by atoms with Crippen LogP contribution < -0.4 is 0 Å². The van der Waals surface area contributed by atoms with Crippen molar-refractivity contribution in [2.24, 2.45) is 0 Å². The van der Waals surface area contributed by atoms with Gasteiger partial charge in [0, 0.05) is 6.07 Å². The molecule has 0 fully saturated rings. The lowest BCUT2D eigenvalue weighted by Crippen LogP contribution is -1.98. The van der Waals surface area contributed by atoms with Crippen LogP contribution in [0.15, 0.2) is 30.3 Å². The number of nitro groups is 1. The van der Waals surface area contributed by atoms with E-state index in [0.717, 1.165) is 24.3 Å². The van der Waals surface area contributed by atoms with Crippen LogP contribution in [0.25, 0.3) is 11.3 Å². The first-order valence-electron chi connectivity index (χ1n) is 4.76. The Hall–Kier alpha value is -2.08. The summed E-state index contributed by atoms with van der Waals surface area (Å²) < 4.78 is 27.1. The van der Waals surface area contributed by atoms with Crippen molar-refractivity contribution in [3.05, 3.63) is 57.2 Å². The quantitative estimate of drug-likeness (QED) is 0.476. The highest BCUT2D eigenvalue weighted by molar-refractivity contribution is 6.29. The first-order chi connectivity index (χ1) is 8.50. The molecule has 2 aromatic rings. The minimum atomic E-state index is -0.937. The molecule has 0 N–H and O–H groups in total. The van der Waals surface area contributed by atoms with Crippen molar-refractivity contribution in [1.29, 1.82) is 0 Å². The fourth-order valence-corrected chi connectivity index (χ4v) is 1.63. The first-order valence-corrected chi connectivity index (χ1v) is 5.14. The molecule has 7 heteroatoms. The van der Waals surface area contributed by atoms with E-state index < -0.39 is 33.5 Å². The van der Waals surface area contributed by atoms with Gasteiger partial charge in [0.2, 0.25) is 0 Å². The number of hydrogen-bond acceptors (Lipinski definition) is 3. The molecule has 1 heterocycles. The van der Waals surface area contributed by atoms with E-state index in [1.54, 1.807) is 0 Å². The zero-order valence-electron chi connectivity index (χ0n) is 8.73. The van der Waals surface area contributed by atoms with Crippen LogP contribution in [0.5, 0.6) is 0 Å². The van der Waals surface area contributed by atoms with Crippen molar-refractivity contribution < 1.29 is 13.7 Å². The third-order valence-electron chi connectivity index (χ3n) is 2.24. The minimum absolute atomic E-state index is 0.0850. The summed E-state index contributed by atoms with van der Waals surface area (Å²) in [5, 5.41) is 10.7. The Labute approximate surface area is 105 Å². The van der Waals surface area contributed by atoms with Crippen LogP contribution in [-0.2, 0) is 0 Å². The van der Waals surface area contributed by atoms with Crippen LogP contribution in [-0.4, -0.2) is 9.91 Å². The Morgan fingerprint density at radius 1 is 1.17 bits per heavy atom. The van der Waals surface area contributed by atoms with Gasteiger partial charge in [-0.05, 0) is 18.2 Å². The van der Waals surface area contributed by atoms with E-state index in [2.05, 4.69) is 4.98 Å². The van der Waals surface area contributed by atoms with E-state index in [9.17, 15) is 18.9 Å². The van der Waals surface area contributed by atoms with Crippen LogP contribution in [0.4, 0.5) is 14.5 Å². The topological polar surface area (TPSA) is 56.0 Å². The summed E-state index contributed by atoms with van der Waals surface area (Å²) in [5.74, 6) is -1.87. The Bertz CT molecular complexity index is 614. The minimum Gasteiger partial charge on any atom is -0.258 e. The molecule has 0 saturated carbocycles. The number of hydrogen-bond donors (Lipinski definition) is 0. The van der Waals surface area contributed by atoms with Crippen LogP contribution in [0.3, 0.4) is 0 Å². The number of benzene rings is 1. The van der Waals surface area contributed by atoms with E-state index in [4.69, 9.17) is 11.6 Å². The van der Waals surface area contributed by atoms with Crippen molar-refractivity contribution >= 4 is 17.3 Å². The third kappa shape index (κ3) is 2.14. The molecule has 0 radical (unpaired) electrons. The summed E-state index contributed by atoms with van der Waals surface area (Å²) in [6.45, 7) is 0. The maximum absolute atomic E-state index is 13.6. The molecule has 0 atom stereocenters. The van der Waals surface area contributed by atoms with Gasteiger partial charge >= 0.3 is 0 Å². The molecule has 0 spiro atoms. The van der Waals surface area contributed by atoms with Crippen molar-refractivity contribution in [3.63, 3.8) is 0 Å². The average molecular weight is 271 g/mol. The molecule has 0 saturated heterocycles. The molecule has 18 heavy (non-hydrogen) atoms. The molecule has 1 aromatic heterocycles. The lowest BCUT2D eigenvalue weighted by atomic mass is 10.1. The molecule has 0 unspecified atom stereocenters. The second-order valence-electron chi connectivity index (χ2n) is 3.36. The summed E-state index contributed by atoms with van der Waals surface area (Å²) in [5.41, 5.74) is -1.50. The molecule has 1 aromatic carbocycles. The molecule has 0 amide bonds. The van der Waals surface area contributed by atoms with Crippen molar-refractivity contribution in [2.45, 2.75) is 0 Å². The van der Waals surface area contributed by atoms with Gasteiger partial charge < -0.3 is 0 Å². The summed E-state index contributed by atoms with van der Waals surface area (Å²) in [6.07, 6.45) is 0. The maximum atomic E-state index is 13.6. The lowest BCUT2D eigenvalue weighted by molar-refractivity contribution is -0.384. The monoisotopic (exact) mass is 270 g/mol. The number of nitrogens with zero attached hydrogens (tertiary/aromatic N) is 2. The molecule has 0 bridgehead atoms. The smallest absolute Gasteiger partial charge is 0.258 e. The van der Waals surface area contributed by atoms with Crippen molar-refractivity contribution in [2.75, 3.05) is 0 Å². The first kappa shape index (κ1) is 12.4. The molecule has 4 nitrogen and oxygen atoms in total. The van der Waals surface area contributed by atoms with Crippen molar-refractivity contribution in [3.8, 4) is 11.3 Å². The number of aromatic nitrogens is 1. The maximum Gasteiger partial charge on any atom is 0.295 e. The molecule has 0 aliphatic carbocycles. The van der Waals surface area contributed by atoms with Crippen LogP contribution in [0.2, 0.25) is 5.15 Å². The molecular weight excluding hydrogens is 266 g/mol. The third-order valence-corrected chi connectivity index (χ3v) is 2.45. The fourth-order valence-electron chi connectivity index (χ4n) is 1.48. The van der Waals surface area contributed by atoms with Gasteiger partial charge in [0.05, 0.1) is 10.5 Å². The van der Waals surface area contributed by atoms with Crippen LogP contribution in [0, 0.1) is 21.7 Å². The Morgan fingerprint density at radius 3 is 2.33 bits per heavy atom. The highest BCUT2D eigenvalue weighted by Crippen LogP contribution is 2.32. The zero-order chi connectivity index (χ0) is 13.3. The van der Waals surface area contributed by atoms with Gasteiger partial charge in [-0.3, -0.25) is 10.1 Å². The van der Waals surface area contributed by atoms with E-state index in [1.165, 1.54) is 6.07 Å². The SMILES string of the molecule is O=[N+]([O-])c1ccc(Cl)nc1-c1c(F)cccc1F. The molecular formula is C11H5ClF2N2O2. The van der Waals surface area contributed by atoms with E-state index >= 15 is 0 Å². The summed E-state index contributed by atoms with van der Waals surface area (Å²) in [6, 6.07) is 5.37. The lowest BCUT2D eigenvalue weighted by Gasteiger charge is -2.05. The van der Waals surface area contributed by atoms with Crippen molar-refractivity contribution in [1.82, 2.24) is 4.98 Å². The Morgan fingerprint density at radius 2 is 1.78 bits per heavy atom. The van der Waals surface area contributed by atoms with Gasteiger partial charge in [-0.25, -0.2) is 13.8 Å². The van der Waals surface area contributed by atoms with Gasteiger partial charge in [-0.1, -0.05) is 17.7 Å². The predicted octanol–water partition coefficient (Wildman–Crippen LogP) is 3.59. The van der Waals surface area contributed by atoms with E-state index in [-0.39, 0.29) is 5.15 Å². The Balaban J connectivity index is 2.77. The molecule has 2 rings (SSSR count). The summed E-state index contributed by atoms with van der Waals surface area (Å²) in [7, 11) is 0. The molecule has 92 valence electrons. The molecule has 0 aliphatic heterocycles. The molecule has 0 aliphatic rings. The normalized spacial score (nSPS) is 10.4. The number of halogens is 3. The summed E-state index contributed by atoms with van der Waals surface area (Å²) in [4.78, 5) is 13.7. The van der Waals surface area contributed by atoms with Crippen LogP contribution >= 0.6 is 11.6 Å². The predicted molar refractivity (Wildman–Crippen MR) is 61.3 cm³/mol. The van der Waals surface area contributed by atoms with Gasteiger partial charge in [-0.2, -0.15) is 0 Å². The second kappa shape index (κ2) is 4.66. The van der Waals surface area contributed by atoms with Gasteiger partial charge in [0.1, 0.15) is 16.8 Å². The van der Waals surface area contributed by atoms with E-state index in [0.29, 0.717) is 0 Å². The second-order valence-corrected chi connectivity index (χ2v) is 3.74. The van der Waals surface area contributed by atoms with Gasteiger partial charge in [0.15, 0.2) is 5.69 Å². The highest BCUT2D eigenvalue weighted by Gasteiger charge is 2.23. The van der Waals surface area contributed by atoms with E-state index in [1.807, 2.05) is 0 Å². The van der Waals surface area contributed by atoms with Gasteiger partial charge in [0.25, 0.3) is 5.69 Å². The Kier molecular flexibility index (Phi) is 3.20. The zero-order valence-corrected chi connectivity index (χ0v) is 9.49. The summed E-state index contributed by atoms with van der Waals surface area (Å²) >= 11 is 5.60. The number of rotatable bonds is 2. The van der Waals surface area contributed by atoms with Crippen LogP contribution in [0.1, 0.15) is 0 Å². The number of pyridine rings is 1.